The third kappa shape index (κ3) is 2.94. The predicted octanol–water partition coefficient (Wildman–Crippen LogP) is 4.12. The first-order valence-electron chi connectivity index (χ1n) is 7.32. The van der Waals surface area contributed by atoms with E-state index in [0.717, 1.165) is 11.5 Å². The Bertz CT molecular complexity index is 641. The summed E-state index contributed by atoms with van der Waals surface area (Å²) in [4.78, 5) is 1.24. The number of para-hydroxylation sites is 1. The molecule has 0 aromatic heterocycles. The van der Waals surface area contributed by atoms with E-state index < -0.39 is 0 Å². The minimum atomic E-state index is 0.149. The van der Waals surface area contributed by atoms with E-state index in [1.54, 1.807) is 0 Å². The van der Waals surface area contributed by atoms with Gasteiger partial charge < -0.3 is 10.1 Å². The number of likely N-dealkylation sites (N-methyl/N-ethyl adjacent to an activating group) is 1. The van der Waals surface area contributed by atoms with Gasteiger partial charge in [-0.1, -0.05) is 35.9 Å². The quantitative estimate of drug-likeness (QED) is 0.921. The molecule has 2 aromatic carbocycles. The number of fused-ring (bicyclic) bond motifs is 1. The van der Waals surface area contributed by atoms with Crippen molar-refractivity contribution in [2.24, 2.45) is 0 Å². The number of benzene rings is 2. The fourth-order valence-corrected chi connectivity index (χ4v) is 3.87. The Balaban J connectivity index is 1.90. The van der Waals surface area contributed by atoms with Gasteiger partial charge in [0.15, 0.2) is 0 Å². The van der Waals surface area contributed by atoms with Crippen molar-refractivity contribution in [2.75, 3.05) is 12.8 Å². The summed E-state index contributed by atoms with van der Waals surface area (Å²) in [5, 5.41) is 3.45. The average molecular weight is 299 g/mol. The van der Waals surface area contributed by atoms with E-state index in [0.29, 0.717) is 0 Å². The van der Waals surface area contributed by atoms with E-state index in [4.69, 9.17) is 4.74 Å². The molecule has 0 fully saturated rings. The molecule has 2 nitrogen and oxygen atoms in total. The van der Waals surface area contributed by atoms with Crippen LogP contribution in [0.4, 0.5) is 0 Å². The second kappa shape index (κ2) is 6.12. The molecule has 1 aliphatic rings. The molecule has 1 heterocycles. The van der Waals surface area contributed by atoms with Crippen LogP contribution in [-0.4, -0.2) is 18.9 Å². The van der Waals surface area contributed by atoms with Gasteiger partial charge in [-0.15, -0.1) is 11.8 Å². The molecule has 3 rings (SSSR count). The van der Waals surface area contributed by atoms with E-state index in [2.05, 4.69) is 55.6 Å². The third-order valence-corrected chi connectivity index (χ3v) is 5.13. The van der Waals surface area contributed by atoms with Crippen LogP contribution in [0.1, 0.15) is 22.7 Å². The minimum Gasteiger partial charge on any atom is -0.486 e. The van der Waals surface area contributed by atoms with Gasteiger partial charge in [0.1, 0.15) is 11.9 Å². The first-order chi connectivity index (χ1) is 10.2. The summed E-state index contributed by atoms with van der Waals surface area (Å²) in [5.41, 5.74) is 3.94. The Hall–Kier alpha value is -1.45. The summed E-state index contributed by atoms with van der Waals surface area (Å²) in [5.74, 6) is 1.97. The van der Waals surface area contributed by atoms with Crippen LogP contribution in [0.2, 0.25) is 0 Å². The van der Waals surface area contributed by atoms with Gasteiger partial charge in [-0.2, -0.15) is 0 Å². The lowest BCUT2D eigenvalue weighted by molar-refractivity contribution is 0.170. The number of aryl methyl sites for hydroxylation is 2. The van der Waals surface area contributed by atoms with Crippen LogP contribution in [0.15, 0.2) is 47.4 Å². The Morgan fingerprint density at radius 2 is 2.00 bits per heavy atom. The molecule has 0 aliphatic carbocycles. The smallest absolute Gasteiger partial charge is 0.133 e. The summed E-state index contributed by atoms with van der Waals surface area (Å²) in [6, 6.07) is 15.1. The van der Waals surface area contributed by atoms with Crippen LogP contribution < -0.4 is 10.1 Å². The lowest BCUT2D eigenvalue weighted by Gasteiger charge is -2.32. The molecule has 0 radical (unpaired) electrons. The SMILES string of the molecule is CNC(c1cc(C)ccc1C)C1CSc2ccccc2O1. The largest absolute Gasteiger partial charge is 0.486 e. The lowest BCUT2D eigenvalue weighted by atomic mass is 9.95. The minimum absolute atomic E-state index is 0.149. The third-order valence-electron chi connectivity index (χ3n) is 3.98. The van der Waals surface area contributed by atoms with Gasteiger partial charge in [0.25, 0.3) is 0 Å². The zero-order valence-electron chi connectivity index (χ0n) is 12.7. The van der Waals surface area contributed by atoms with Crippen molar-refractivity contribution in [3.63, 3.8) is 0 Å². The van der Waals surface area contributed by atoms with Crippen molar-refractivity contribution >= 4 is 11.8 Å². The second-order valence-electron chi connectivity index (χ2n) is 5.54. The molecule has 1 aliphatic heterocycles. The van der Waals surface area contributed by atoms with E-state index in [-0.39, 0.29) is 12.1 Å². The fourth-order valence-electron chi connectivity index (χ4n) is 2.84. The van der Waals surface area contributed by atoms with E-state index in [9.17, 15) is 0 Å². The Labute approximate surface area is 130 Å². The van der Waals surface area contributed by atoms with Crippen LogP contribution in [0.5, 0.6) is 5.75 Å². The zero-order chi connectivity index (χ0) is 14.8. The molecule has 0 saturated heterocycles. The van der Waals surface area contributed by atoms with Crippen LogP contribution >= 0.6 is 11.8 Å². The molecule has 0 saturated carbocycles. The van der Waals surface area contributed by atoms with Gasteiger partial charge in [0, 0.05) is 10.6 Å². The van der Waals surface area contributed by atoms with Gasteiger partial charge in [0.05, 0.1) is 6.04 Å². The zero-order valence-corrected chi connectivity index (χ0v) is 13.5. The molecule has 3 heteroatoms. The van der Waals surface area contributed by atoms with Gasteiger partial charge in [-0.3, -0.25) is 0 Å². The average Bonchev–Trinajstić information content (AvgIpc) is 2.51. The van der Waals surface area contributed by atoms with Crippen molar-refractivity contribution in [1.82, 2.24) is 5.32 Å². The Kier molecular flexibility index (Phi) is 4.22. The highest BCUT2D eigenvalue weighted by molar-refractivity contribution is 7.99. The number of rotatable bonds is 3. The van der Waals surface area contributed by atoms with E-state index in [1.807, 2.05) is 24.9 Å². The maximum atomic E-state index is 6.25. The normalized spacial score (nSPS) is 18.7. The van der Waals surface area contributed by atoms with E-state index in [1.165, 1.54) is 21.6 Å². The van der Waals surface area contributed by atoms with Crippen LogP contribution in [0.3, 0.4) is 0 Å². The summed E-state index contributed by atoms with van der Waals surface area (Å²) in [6.07, 6.45) is 0.149. The maximum Gasteiger partial charge on any atom is 0.133 e. The number of hydrogen-bond donors (Lipinski definition) is 1. The highest BCUT2D eigenvalue weighted by Crippen LogP contribution is 2.38. The van der Waals surface area contributed by atoms with Gasteiger partial charge >= 0.3 is 0 Å². The Morgan fingerprint density at radius 3 is 2.81 bits per heavy atom. The number of ether oxygens (including phenoxy) is 1. The maximum absolute atomic E-state index is 6.25. The number of thioether (sulfide) groups is 1. The van der Waals surface area contributed by atoms with Crippen molar-refractivity contribution < 1.29 is 4.74 Å². The van der Waals surface area contributed by atoms with Crippen molar-refractivity contribution in [2.45, 2.75) is 30.9 Å². The van der Waals surface area contributed by atoms with Gasteiger partial charge in [-0.25, -0.2) is 0 Å². The van der Waals surface area contributed by atoms with Gasteiger partial charge in [-0.05, 0) is 44.2 Å². The lowest BCUT2D eigenvalue weighted by Crippen LogP contribution is -2.37. The standard InChI is InChI=1S/C18H21NOS/c1-12-8-9-13(2)14(10-12)18(19-3)16-11-21-17-7-5-4-6-15(17)20-16/h4-10,16,18-19H,11H2,1-3H3. The topological polar surface area (TPSA) is 21.3 Å². The molecule has 1 N–H and O–H groups in total. The second-order valence-corrected chi connectivity index (χ2v) is 6.60. The predicted molar refractivity (Wildman–Crippen MR) is 89.3 cm³/mol. The van der Waals surface area contributed by atoms with Crippen LogP contribution in [0, 0.1) is 13.8 Å². The van der Waals surface area contributed by atoms with Crippen molar-refractivity contribution in [1.29, 1.82) is 0 Å². The van der Waals surface area contributed by atoms with Crippen LogP contribution in [-0.2, 0) is 0 Å². The molecule has 2 atom stereocenters. The number of hydrogen-bond acceptors (Lipinski definition) is 3. The monoisotopic (exact) mass is 299 g/mol. The molecule has 0 amide bonds. The number of nitrogens with one attached hydrogen (secondary N) is 1. The van der Waals surface area contributed by atoms with Crippen molar-refractivity contribution in [3.05, 3.63) is 59.2 Å². The summed E-state index contributed by atoms with van der Waals surface area (Å²) in [7, 11) is 2.01. The molecule has 21 heavy (non-hydrogen) atoms. The summed E-state index contributed by atoms with van der Waals surface area (Å²) < 4.78 is 6.25. The molecular formula is C18H21NOS. The van der Waals surface area contributed by atoms with Crippen molar-refractivity contribution in [3.8, 4) is 5.75 Å². The van der Waals surface area contributed by atoms with E-state index >= 15 is 0 Å². The van der Waals surface area contributed by atoms with Gasteiger partial charge in [0.2, 0.25) is 0 Å². The van der Waals surface area contributed by atoms with Crippen LogP contribution in [0.25, 0.3) is 0 Å². The first kappa shape index (κ1) is 14.5. The molecule has 2 unspecified atom stereocenters. The molecule has 2 aromatic rings. The molecule has 0 bridgehead atoms. The highest BCUT2D eigenvalue weighted by Gasteiger charge is 2.29. The summed E-state index contributed by atoms with van der Waals surface area (Å²) in [6.45, 7) is 4.31. The first-order valence-corrected chi connectivity index (χ1v) is 8.30. The molecule has 110 valence electrons. The fraction of sp³-hybridized carbons (Fsp3) is 0.333. The summed E-state index contributed by atoms with van der Waals surface area (Å²) >= 11 is 1.88. The molecular weight excluding hydrogens is 278 g/mol. The Morgan fingerprint density at radius 1 is 1.19 bits per heavy atom. The highest BCUT2D eigenvalue weighted by atomic mass is 32.2. The molecule has 0 spiro atoms.